The molecule has 0 aromatic rings. The highest BCUT2D eigenvalue weighted by Crippen LogP contribution is 1.95. The Morgan fingerprint density at radius 1 is 1.11 bits per heavy atom. The van der Waals surface area contributed by atoms with Crippen LogP contribution in [0.3, 0.4) is 0 Å². The normalized spacial score (nSPS) is 10.7. The highest BCUT2D eigenvalue weighted by molar-refractivity contribution is 4.25. The Morgan fingerprint density at radius 3 is 1.67 bits per heavy atom. The number of nitrogens with zero attached hydrogens (tertiary/aromatic N) is 1. The van der Waals surface area contributed by atoms with Crippen molar-refractivity contribution in [3.8, 4) is 0 Å². The fraction of sp³-hybridized carbons (Fsp3) is 1.00. The summed E-state index contributed by atoms with van der Waals surface area (Å²) < 4.78 is 1.16. The minimum absolute atomic E-state index is 0. The summed E-state index contributed by atoms with van der Waals surface area (Å²) >= 11 is 0. The third kappa shape index (κ3) is 6.32. The highest BCUT2D eigenvalue weighted by Gasteiger charge is 2.07. The molecule has 58 valence electrons. The molecule has 0 aromatic carbocycles. The standard InChI is InChI=1S/C7H18N.BrH/c1-5-7-8(3,4)6-2;/h5-7H2,1-4H3;1H/q+1;/p-1. The fourth-order valence-electron chi connectivity index (χ4n) is 0.763. The monoisotopic (exact) mass is 195 g/mol. The van der Waals surface area contributed by atoms with Crippen molar-refractivity contribution in [3.63, 3.8) is 0 Å². The first-order valence-corrected chi connectivity index (χ1v) is 3.44. The van der Waals surface area contributed by atoms with Crippen LogP contribution in [0.4, 0.5) is 0 Å². The molecule has 0 atom stereocenters. The molecule has 0 rings (SSSR count). The predicted molar refractivity (Wildman–Crippen MR) is 37.8 cm³/mol. The zero-order chi connectivity index (χ0) is 6.62. The van der Waals surface area contributed by atoms with E-state index >= 15 is 0 Å². The lowest BCUT2D eigenvalue weighted by Gasteiger charge is -2.27. The van der Waals surface area contributed by atoms with Crippen LogP contribution in [0, 0.1) is 0 Å². The predicted octanol–water partition coefficient (Wildman–Crippen LogP) is -1.50. The molecule has 2 heteroatoms. The van der Waals surface area contributed by atoms with Crippen LogP contribution in [0.1, 0.15) is 20.3 Å². The van der Waals surface area contributed by atoms with Gasteiger partial charge in [-0.1, -0.05) is 6.92 Å². The van der Waals surface area contributed by atoms with Gasteiger partial charge in [0.05, 0.1) is 27.2 Å². The molecule has 0 N–H and O–H groups in total. The number of halogens is 1. The van der Waals surface area contributed by atoms with Gasteiger partial charge in [-0.05, 0) is 13.3 Å². The Labute approximate surface area is 69.4 Å². The molecule has 0 amide bonds. The van der Waals surface area contributed by atoms with Crippen molar-refractivity contribution >= 4 is 0 Å². The molecule has 0 fully saturated rings. The Hall–Kier alpha value is 0.440. The molecule has 9 heavy (non-hydrogen) atoms. The Morgan fingerprint density at radius 2 is 1.56 bits per heavy atom. The van der Waals surface area contributed by atoms with Crippen molar-refractivity contribution in [2.24, 2.45) is 0 Å². The van der Waals surface area contributed by atoms with Gasteiger partial charge in [0.1, 0.15) is 0 Å². The van der Waals surface area contributed by atoms with Crippen LogP contribution in [0.15, 0.2) is 0 Å². The molecule has 0 aliphatic rings. The van der Waals surface area contributed by atoms with E-state index in [1.807, 2.05) is 0 Å². The zero-order valence-electron chi connectivity index (χ0n) is 6.95. The van der Waals surface area contributed by atoms with Gasteiger partial charge in [-0.25, -0.2) is 0 Å². The van der Waals surface area contributed by atoms with Gasteiger partial charge in [0.15, 0.2) is 0 Å². The van der Waals surface area contributed by atoms with Gasteiger partial charge in [0.25, 0.3) is 0 Å². The number of rotatable bonds is 3. The van der Waals surface area contributed by atoms with Gasteiger partial charge >= 0.3 is 0 Å². The summed E-state index contributed by atoms with van der Waals surface area (Å²) in [5.41, 5.74) is 0. The van der Waals surface area contributed by atoms with E-state index in [9.17, 15) is 0 Å². The molecular weight excluding hydrogens is 178 g/mol. The largest absolute Gasteiger partial charge is 1.00 e. The second-order valence-electron chi connectivity index (χ2n) is 2.98. The van der Waals surface area contributed by atoms with Crippen molar-refractivity contribution < 1.29 is 21.5 Å². The maximum atomic E-state index is 2.27. The third-order valence-corrected chi connectivity index (χ3v) is 1.68. The second-order valence-corrected chi connectivity index (χ2v) is 2.98. The molecule has 0 unspecified atom stereocenters. The molecule has 0 radical (unpaired) electrons. The highest BCUT2D eigenvalue weighted by atomic mass is 79.9. The van der Waals surface area contributed by atoms with Gasteiger partial charge in [-0.3, -0.25) is 0 Å². The van der Waals surface area contributed by atoms with E-state index in [1.165, 1.54) is 19.5 Å². The Kier molecular flexibility index (Phi) is 7.08. The summed E-state index contributed by atoms with van der Waals surface area (Å²) in [6, 6.07) is 0. The van der Waals surface area contributed by atoms with E-state index in [2.05, 4.69) is 27.9 Å². The zero-order valence-corrected chi connectivity index (χ0v) is 8.53. The maximum absolute atomic E-state index is 2.27. The first-order chi connectivity index (χ1) is 3.62. The van der Waals surface area contributed by atoms with Gasteiger partial charge in [-0.2, -0.15) is 0 Å². The number of hydrogen-bond donors (Lipinski definition) is 0. The summed E-state index contributed by atoms with van der Waals surface area (Å²) in [7, 11) is 4.53. The molecule has 0 heterocycles. The van der Waals surface area contributed by atoms with Gasteiger partial charge in [-0.15, -0.1) is 0 Å². The third-order valence-electron chi connectivity index (χ3n) is 1.68. The summed E-state index contributed by atoms with van der Waals surface area (Å²) in [4.78, 5) is 0. The summed E-state index contributed by atoms with van der Waals surface area (Å²) in [5.74, 6) is 0. The number of hydrogen-bond acceptors (Lipinski definition) is 0. The summed E-state index contributed by atoms with van der Waals surface area (Å²) in [6.45, 7) is 7.01. The SMILES string of the molecule is CCC[N+](C)(C)CC.[Br-]. The smallest absolute Gasteiger partial charge is 0.0779 e. The summed E-state index contributed by atoms with van der Waals surface area (Å²) in [5, 5.41) is 0. The van der Waals surface area contributed by atoms with Gasteiger partial charge in [0.2, 0.25) is 0 Å². The molecule has 0 saturated carbocycles. The molecule has 0 spiro atoms. The lowest BCUT2D eigenvalue weighted by atomic mass is 10.4. The topological polar surface area (TPSA) is 0 Å². The van der Waals surface area contributed by atoms with E-state index in [0.717, 1.165) is 4.48 Å². The van der Waals surface area contributed by atoms with Crippen LogP contribution in [-0.2, 0) is 0 Å². The van der Waals surface area contributed by atoms with E-state index in [4.69, 9.17) is 0 Å². The van der Waals surface area contributed by atoms with Gasteiger partial charge < -0.3 is 21.5 Å². The van der Waals surface area contributed by atoms with Crippen LogP contribution < -0.4 is 17.0 Å². The van der Waals surface area contributed by atoms with Crippen molar-refractivity contribution in [1.29, 1.82) is 0 Å². The average molecular weight is 196 g/mol. The van der Waals surface area contributed by atoms with Crippen LogP contribution in [0.25, 0.3) is 0 Å². The van der Waals surface area contributed by atoms with E-state index in [1.54, 1.807) is 0 Å². The molecule has 1 nitrogen and oxygen atoms in total. The van der Waals surface area contributed by atoms with Crippen LogP contribution in [0.2, 0.25) is 0 Å². The Bertz CT molecular complexity index is 61.9. The van der Waals surface area contributed by atoms with Crippen molar-refractivity contribution in [2.45, 2.75) is 20.3 Å². The minimum Gasteiger partial charge on any atom is -1.00 e. The molecule has 0 aliphatic heterocycles. The van der Waals surface area contributed by atoms with E-state index in [-0.39, 0.29) is 17.0 Å². The lowest BCUT2D eigenvalue weighted by Crippen LogP contribution is -3.00. The van der Waals surface area contributed by atoms with Gasteiger partial charge in [0, 0.05) is 0 Å². The van der Waals surface area contributed by atoms with Crippen LogP contribution in [-0.4, -0.2) is 31.7 Å². The maximum Gasteiger partial charge on any atom is 0.0779 e. The second kappa shape index (κ2) is 5.24. The van der Waals surface area contributed by atoms with Crippen molar-refractivity contribution in [2.75, 3.05) is 27.2 Å². The molecular formula is C7H18BrN. The lowest BCUT2D eigenvalue weighted by molar-refractivity contribution is -0.888. The molecule has 0 aliphatic carbocycles. The van der Waals surface area contributed by atoms with E-state index < -0.39 is 0 Å². The number of quaternary nitrogens is 1. The first-order valence-electron chi connectivity index (χ1n) is 3.44. The minimum atomic E-state index is 0. The summed E-state index contributed by atoms with van der Waals surface area (Å²) in [6.07, 6.45) is 1.29. The first kappa shape index (κ1) is 12.1. The molecule has 0 bridgehead atoms. The molecule has 0 saturated heterocycles. The van der Waals surface area contributed by atoms with Crippen molar-refractivity contribution in [1.82, 2.24) is 0 Å². The molecule has 0 aromatic heterocycles. The quantitative estimate of drug-likeness (QED) is 0.482. The Balaban J connectivity index is 0. The van der Waals surface area contributed by atoms with Crippen LogP contribution in [0.5, 0.6) is 0 Å². The van der Waals surface area contributed by atoms with E-state index in [0.29, 0.717) is 0 Å². The van der Waals surface area contributed by atoms with Crippen molar-refractivity contribution in [3.05, 3.63) is 0 Å². The van der Waals surface area contributed by atoms with Crippen LogP contribution >= 0.6 is 0 Å². The average Bonchev–Trinajstić information content (AvgIpc) is 1.67. The fourth-order valence-corrected chi connectivity index (χ4v) is 0.763.